The molecule has 0 fully saturated rings. The van der Waals surface area contributed by atoms with Crippen molar-refractivity contribution in [3.63, 3.8) is 0 Å². The molecule has 1 aromatic carbocycles. The van der Waals surface area contributed by atoms with E-state index in [4.69, 9.17) is 4.74 Å². The van der Waals surface area contributed by atoms with E-state index in [1.165, 1.54) is 0 Å². The van der Waals surface area contributed by atoms with Crippen LogP contribution in [0.4, 0.5) is 4.79 Å². The van der Waals surface area contributed by atoms with Crippen LogP contribution in [0.15, 0.2) is 24.3 Å². The van der Waals surface area contributed by atoms with Gasteiger partial charge in [-0.15, -0.1) is 0 Å². The minimum Gasteiger partial charge on any atom is -0.444 e. The van der Waals surface area contributed by atoms with Crippen molar-refractivity contribution in [2.75, 3.05) is 0 Å². The van der Waals surface area contributed by atoms with Crippen LogP contribution in [-0.4, -0.2) is 46.0 Å². The number of benzene rings is 1. The van der Waals surface area contributed by atoms with Crippen molar-refractivity contribution in [2.24, 2.45) is 5.92 Å². The molecule has 0 radical (unpaired) electrons. The summed E-state index contributed by atoms with van der Waals surface area (Å²) >= 11 is 0. The Kier molecular flexibility index (Phi) is 10.8. The van der Waals surface area contributed by atoms with Crippen molar-refractivity contribution in [1.82, 2.24) is 15.5 Å². The molecule has 1 aromatic rings. The Labute approximate surface area is 212 Å². The van der Waals surface area contributed by atoms with E-state index in [9.17, 15) is 14.4 Å². The summed E-state index contributed by atoms with van der Waals surface area (Å²) in [6.07, 6.45) is 0.896. The molecule has 0 aromatic heterocycles. The van der Waals surface area contributed by atoms with Crippen LogP contribution in [-0.2, 0) is 20.7 Å². The van der Waals surface area contributed by atoms with E-state index in [0.717, 1.165) is 17.5 Å². The lowest BCUT2D eigenvalue weighted by Gasteiger charge is -2.39. The van der Waals surface area contributed by atoms with Gasteiger partial charge < -0.3 is 20.3 Å². The normalized spacial score (nSPS) is 14.6. The predicted molar refractivity (Wildman–Crippen MR) is 141 cm³/mol. The fraction of sp³-hybridized carbons (Fsp3) is 0.679. The highest BCUT2D eigenvalue weighted by Gasteiger charge is 2.40. The summed E-state index contributed by atoms with van der Waals surface area (Å²) in [5.74, 6) is -0.733. The lowest BCUT2D eigenvalue weighted by molar-refractivity contribution is -0.146. The van der Waals surface area contributed by atoms with Crippen LogP contribution in [0.3, 0.4) is 0 Å². The first-order chi connectivity index (χ1) is 16.0. The Morgan fingerprint density at radius 1 is 0.943 bits per heavy atom. The third-order valence-corrected chi connectivity index (χ3v) is 5.69. The monoisotopic (exact) mass is 489 g/mol. The molecule has 1 rings (SSSR count). The molecular weight excluding hydrogens is 442 g/mol. The van der Waals surface area contributed by atoms with Crippen LogP contribution in [0.2, 0.25) is 0 Å². The van der Waals surface area contributed by atoms with Crippen molar-refractivity contribution in [2.45, 2.75) is 118 Å². The van der Waals surface area contributed by atoms with Crippen LogP contribution in [0.25, 0.3) is 0 Å². The molecule has 0 bridgehead atoms. The fourth-order valence-electron chi connectivity index (χ4n) is 3.77. The van der Waals surface area contributed by atoms with Gasteiger partial charge in [-0.05, 0) is 78.9 Å². The summed E-state index contributed by atoms with van der Waals surface area (Å²) in [4.78, 5) is 41.9. The Bertz CT molecular complexity index is 850. The number of hydrogen-bond donors (Lipinski definition) is 2. The lowest BCUT2D eigenvalue weighted by Crippen LogP contribution is -2.58. The molecular formula is C28H47N3O4. The van der Waals surface area contributed by atoms with Crippen molar-refractivity contribution in [1.29, 1.82) is 0 Å². The van der Waals surface area contributed by atoms with E-state index in [-0.39, 0.29) is 23.8 Å². The van der Waals surface area contributed by atoms with Crippen LogP contribution in [0.5, 0.6) is 0 Å². The molecule has 7 nitrogen and oxygen atoms in total. The largest absolute Gasteiger partial charge is 0.444 e. The minimum atomic E-state index is -0.848. The number of nitrogens with zero attached hydrogens (tertiary/aromatic N) is 1. The first-order valence-electron chi connectivity index (χ1n) is 12.7. The summed E-state index contributed by atoms with van der Waals surface area (Å²) in [7, 11) is 0. The Hall–Kier alpha value is -2.57. The third-order valence-electron chi connectivity index (χ3n) is 5.69. The van der Waals surface area contributed by atoms with Gasteiger partial charge in [0.15, 0.2) is 0 Å². The van der Waals surface area contributed by atoms with Crippen molar-refractivity contribution in [3.8, 4) is 0 Å². The molecule has 0 spiro atoms. The molecule has 2 N–H and O–H groups in total. The van der Waals surface area contributed by atoms with E-state index in [0.29, 0.717) is 6.42 Å². The van der Waals surface area contributed by atoms with E-state index >= 15 is 0 Å². The molecule has 7 heteroatoms. The van der Waals surface area contributed by atoms with Crippen LogP contribution >= 0.6 is 0 Å². The number of aryl methyl sites for hydroxylation is 1. The highest BCUT2D eigenvalue weighted by molar-refractivity contribution is 5.92. The zero-order valence-corrected chi connectivity index (χ0v) is 23.6. The standard InChI is InChI=1S/C28H47N3O4/c1-12-19(5)22(29-26(34)35-28(9,10)11)25(33)31(18(3)4)23(24(32)30-27(6,7)8)21-16-14-20(13-2)15-17-21/h14-19,22-23H,12-13H2,1-11H3,(H,29,34)(H,30,32). The summed E-state index contributed by atoms with van der Waals surface area (Å²) in [5.41, 5.74) is 0.706. The Morgan fingerprint density at radius 3 is 1.89 bits per heavy atom. The van der Waals surface area contributed by atoms with E-state index in [2.05, 4.69) is 17.6 Å². The fourth-order valence-corrected chi connectivity index (χ4v) is 3.77. The van der Waals surface area contributed by atoms with Crippen molar-refractivity contribution >= 4 is 17.9 Å². The maximum atomic E-state index is 14.1. The topological polar surface area (TPSA) is 87.7 Å². The quantitative estimate of drug-likeness (QED) is 0.487. The SMILES string of the molecule is CCc1ccc(C(C(=O)NC(C)(C)C)N(C(=O)C(NC(=O)OC(C)(C)C)C(C)CC)C(C)C)cc1. The zero-order chi connectivity index (χ0) is 27.1. The summed E-state index contributed by atoms with van der Waals surface area (Å²) in [5, 5.41) is 5.83. The number of amides is 3. The molecule has 3 amide bonds. The van der Waals surface area contributed by atoms with E-state index in [1.54, 1.807) is 25.7 Å². The van der Waals surface area contributed by atoms with Crippen LogP contribution < -0.4 is 10.6 Å². The van der Waals surface area contributed by atoms with Gasteiger partial charge in [0.2, 0.25) is 11.8 Å². The zero-order valence-electron chi connectivity index (χ0n) is 23.6. The highest BCUT2D eigenvalue weighted by Crippen LogP contribution is 2.28. The molecule has 0 aliphatic heterocycles. The van der Waals surface area contributed by atoms with Crippen molar-refractivity contribution in [3.05, 3.63) is 35.4 Å². The molecule has 198 valence electrons. The van der Waals surface area contributed by atoms with Gasteiger partial charge in [-0.1, -0.05) is 51.5 Å². The van der Waals surface area contributed by atoms with Crippen LogP contribution in [0, 0.1) is 5.92 Å². The number of nitrogens with one attached hydrogen (secondary N) is 2. The number of alkyl carbamates (subject to hydrolysis) is 1. The summed E-state index contributed by atoms with van der Waals surface area (Å²) in [6.45, 7) is 20.8. The molecule has 0 aliphatic rings. The first-order valence-corrected chi connectivity index (χ1v) is 12.7. The predicted octanol–water partition coefficient (Wildman–Crippen LogP) is 5.38. The van der Waals surface area contributed by atoms with Gasteiger partial charge in [0.1, 0.15) is 17.7 Å². The number of hydrogen-bond acceptors (Lipinski definition) is 4. The van der Waals surface area contributed by atoms with Gasteiger partial charge in [-0.2, -0.15) is 0 Å². The lowest BCUT2D eigenvalue weighted by atomic mass is 9.94. The average Bonchev–Trinajstić information content (AvgIpc) is 2.72. The second-order valence-electron chi connectivity index (χ2n) is 11.6. The summed E-state index contributed by atoms with van der Waals surface area (Å²) < 4.78 is 5.44. The third kappa shape index (κ3) is 9.54. The van der Waals surface area contributed by atoms with Gasteiger partial charge in [-0.3, -0.25) is 9.59 Å². The van der Waals surface area contributed by atoms with Gasteiger partial charge in [0, 0.05) is 11.6 Å². The molecule has 0 saturated carbocycles. The van der Waals surface area contributed by atoms with Gasteiger partial charge in [0.25, 0.3) is 0 Å². The Morgan fingerprint density at radius 2 is 1.49 bits per heavy atom. The second kappa shape index (κ2) is 12.4. The number of carbonyl (C=O) groups is 3. The summed E-state index contributed by atoms with van der Waals surface area (Å²) in [6, 6.07) is 5.82. The van der Waals surface area contributed by atoms with Gasteiger partial charge >= 0.3 is 6.09 Å². The van der Waals surface area contributed by atoms with Crippen LogP contribution in [0.1, 0.15) is 99.8 Å². The molecule has 35 heavy (non-hydrogen) atoms. The highest BCUT2D eigenvalue weighted by atomic mass is 16.6. The number of rotatable bonds is 9. The first kappa shape index (κ1) is 30.5. The molecule has 0 heterocycles. The average molecular weight is 490 g/mol. The second-order valence-corrected chi connectivity index (χ2v) is 11.6. The molecule has 3 unspecified atom stereocenters. The Balaban J connectivity index is 3.52. The molecule has 0 saturated heterocycles. The van der Waals surface area contributed by atoms with E-state index < -0.39 is 29.3 Å². The number of ether oxygens (including phenoxy) is 1. The minimum absolute atomic E-state index is 0.162. The maximum Gasteiger partial charge on any atom is 0.408 e. The van der Waals surface area contributed by atoms with Gasteiger partial charge in [0.05, 0.1) is 0 Å². The maximum absolute atomic E-state index is 14.1. The number of carbonyl (C=O) groups excluding carboxylic acids is 3. The molecule has 0 aliphatic carbocycles. The smallest absolute Gasteiger partial charge is 0.408 e. The molecule has 3 atom stereocenters. The van der Waals surface area contributed by atoms with Crippen molar-refractivity contribution < 1.29 is 19.1 Å². The van der Waals surface area contributed by atoms with Gasteiger partial charge in [-0.25, -0.2) is 4.79 Å². The van der Waals surface area contributed by atoms with E-state index in [1.807, 2.05) is 72.7 Å².